The van der Waals surface area contributed by atoms with E-state index in [1.54, 1.807) is 0 Å². The minimum absolute atomic E-state index is 0. The van der Waals surface area contributed by atoms with E-state index in [2.05, 4.69) is 17.0 Å². The van der Waals surface area contributed by atoms with Crippen LogP contribution < -0.4 is 0 Å². The Morgan fingerprint density at radius 1 is 1.30 bits per heavy atom. The molecule has 114 valence electrons. The molecule has 2 nitrogen and oxygen atoms in total. The van der Waals surface area contributed by atoms with Crippen molar-refractivity contribution in [2.24, 2.45) is 5.92 Å². The topological polar surface area (TPSA) is 23.5 Å². The molecule has 20 heavy (non-hydrogen) atoms. The molecule has 0 aromatic heterocycles. The minimum Gasteiger partial charge on any atom is -0.396 e. The van der Waals surface area contributed by atoms with Crippen molar-refractivity contribution in [2.75, 3.05) is 32.0 Å². The summed E-state index contributed by atoms with van der Waals surface area (Å²) in [5.74, 6) is 1.64. The summed E-state index contributed by atoms with van der Waals surface area (Å²) in [5.41, 5.74) is 0. The highest BCUT2D eigenvalue weighted by atomic mass is 35.5. The third-order valence-corrected chi connectivity index (χ3v) is 4.91. The molecule has 1 aliphatic rings. The van der Waals surface area contributed by atoms with E-state index in [9.17, 15) is 5.11 Å². The second-order valence-corrected chi connectivity index (χ2v) is 6.75. The van der Waals surface area contributed by atoms with E-state index < -0.39 is 0 Å². The molecular weight excluding hydrogens is 313 g/mol. The number of rotatable bonds is 6. The largest absolute Gasteiger partial charge is 0.396 e. The molecule has 1 heterocycles. The van der Waals surface area contributed by atoms with Crippen LogP contribution in [0.5, 0.6) is 0 Å². The maximum Gasteiger partial charge on any atom is 0.0471 e. The van der Waals surface area contributed by atoms with Gasteiger partial charge in [-0.1, -0.05) is 11.6 Å². The van der Waals surface area contributed by atoms with Crippen LogP contribution in [0.1, 0.15) is 19.3 Å². The maximum absolute atomic E-state index is 9.21. The number of nitrogens with zero attached hydrogens (tertiary/aromatic N) is 1. The molecule has 0 aliphatic carbocycles. The number of hydrogen-bond acceptors (Lipinski definition) is 3. The zero-order valence-corrected chi connectivity index (χ0v) is 14.0. The zero-order chi connectivity index (χ0) is 13.5. The Balaban J connectivity index is 0.00000200. The number of likely N-dealkylation sites (tertiary alicyclic amines) is 1. The highest BCUT2D eigenvalue weighted by Gasteiger charge is 2.18. The van der Waals surface area contributed by atoms with Gasteiger partial charge in [0.05, 0.1) is 0 Å². The summed E-state index contributed by atoms with van der Waals surface area (Å²) in [7, 11) is 0. The molecule has 0 amide bonds. The Bertz CT molecular complexity index is 375. The van der Waals surface area contributed by atoms with Gasteiger partial charge in [0.25, 0.3) is 0 Å². The highest BCUT2D eigenvalue weighted by Crippen LogP contribution is 2.21. The molecule has 1 aromatic rings. The highest BCUT2D eigenvalue weighted by molar-refractivity contribution is 7.99. The Kier molecular flexibility index (Phi) is 8.98. The predicted molar refractivity (Wildman–Crippen MR) is 90.3 cm³/mol. The second-order valence-electron chi connectivity index (χ2n) is 5.15. The summed E-state index contributed by atoms with van der Waals surface area (Å²) in [6.45, 7) is 3.76. The summed E-state index contributed by atoms with van der Waals surface area (Å²) < 4.78 is 0. The molecule has 1 atom stereocenters. The summed E-state index contributed by atoms with van der Waals surface area (Å²) >= 11 is 7.76. The van der Waals surface area contributed by atoms with Gasteiger partial charge in [0.1, 0.15) is 0 Å². The van der Waals surface area contributed by atoms with Gasteiger partial charge in [0, 0.05) is 23.1 Å². The van der Waals surface area contributed by atoms with Crippen LogP contribution in [0.3, 0.4) is 0 Å². The standard InChI is InChI=1S/C15H22ClNOS.ClH/c16-14-4-6-15(7-5-14)19-10-2-9-17-8-1-3-13(11-17)12-18;/h4-7,13,18H,1-3,8-12H2;1H. The van der Waals surface area contributed by atoms with Crippen LogP contribution in [0, 0.1) is 5.92 Å². The van der Waals surface area contributed by atoms with Crippen molar-refractivity contribution in [3.8, 4) is 0 Å². The van der Waals surface area contributed by atoms with Crippen LogP contribution >= 0.6 is 35.8 Å². The first-order chi connectivity index (χ1) is 9.28. The monoisotopic (exact) mass is 335 g/mol. The zero-order valence-electron chi connectivity index (χ0n) is 11.6. The molecule has 0 spiro atoms. The first-order valence-electron chi connectivity index (χ1n) is 6.99. The van der Waals surface area contributed by atoms with E-state index in [0.29, 0.717) is 12.5 Å². The first kappa shape index (κ1) is 18.1. The number of hydrogen-bond donors (Lipinski definition) is 1. The van der Waals surface area contributed by atoms with Crippen LogP contribution in [0.2, 0.25) is 5.02 Å². The van der Waals surface area contributed by atoms with Crippen LogP contribution in [-0.4, -0.2) is 42.0 Å². The third kappa shape index (κ3) is 6.23. The molecule has 1 N–H and O–H groups in total. The number of benzene rings is 1. The van der Waals surface area contributed by atoms with Crippen molar-refractivity contribution in [1.29, 1.82) is 0 Å². The molecular formula is C15H23Cl2NOS. The lowest BCUT2D eigenvalue weighted by molar-refractivity contribution is 0.121. The van der Waals surface area contributed by atoms with E-state index in [-0.39, 0.29) is 12.4 Å². The van der Waals surface area contributed by atoms with Crippen molar-refractivity contribution in [3.05, 3.63) is 29.3 Å². The van der Waals surface area contributed by atoms with Gasteiger partial charge in [-0.25, -0.2) is 0 Å². The third-order valence-electron chi connectivity index (χ3n) is 3.56. The molecule has 1 aliphatic heterocycles. The molecule has 1 fully saturated rings. The fourth-order valence-corrected chi connectivity index (χ4v) is 3.48. The second kappa shape index (κ2) is 9.91. The Labute approximate surface area is 137 Å². The first-order valence-corrected chi connectivity index (χ1v) is 8.36. The molecule has 0 radical (unpaired) electrons. The number of aliphatic hydroxyl groups is 1. The van der Waals surface area contributed by atoms with Gasteiger partial charge in [-0.2, -0.15) is 0 Å². The van der Waals surface area contributed by atoms with Crippen molar-refractivity contribution in [1.82, 2.24) is 4.90 Å². The minimum atomic E-state index is 0. The lowest BCUT2D eigenvalue weighted by atomic mass is 9.99. The molecule has 0 saturated carbocycles. The van der Waals surface area contributed by atoms with Crippen molar-refractivity contribution >= 4 is 35.8 Å². The van der Waals surface area contributed by atoms with Gasteiger partial charge < -0.3 is 10.0 Å². The van der Waals surface area contributed by atoms with E-state index in [1.165, 1.54) is 30.7 Å². The quantitative estimate of drug-likeness (QED) is 0.629. The summed E-state index contributed by atoms with van der Waals surface area (Å²) in [5, 5.41) is 10.0. The molecule has 1 aromatic carbocycles. The summed E-state index contributed by atoms with van der Waals surface area (Å²) in [6.07, 6.45) is 3.62. The normalized spacial score (nSPS) is 19.6. The smallest absolute Gasteiger partial charge is 0.0471 e. The Hall–Kier alpha value is 0.0700. The predicted octanol–water partition coefficient (Wildman–Crippen LogP) is 3.95. The number of aliphatic hydroxyl groups excluding tert-OH is 1. The maximum atomic E-state index is 9.21. The van der Waals surface area contributed by atoms with E-state index in [1.807, 2.05) is 23.9 Å². The number of piperidine rings is 1. The van der Waals surface area contributed by atoms with E-state index in [4.69, 9.17) is 11.6 Å². The van der Waals surface area contributed by atoms with Gasteiger partial charge in [-0.05, 0) is 68.3 Å². The fourth-order valence-electron chi connectivity index (χ4n) is 2.51. The van der Waals surface area contributed by atoms with Gasteiger partial charge in [0.2, 0.25) is 0 Å². The summed E-state index contributed by atoms with van der Waals surface area (Å²) in [4.78, 5) is 3.78. The van der Waals surface area contributed by atoms with Crippen LogP contribution in [-0.2, 0) is 0 Å². The Morgan fingerprint density at radius 3 is 2.75 bits per heavy atom. The number of thioether (sulfide) groups is 1. The molecule has 2 rings (SSSR count). The molecule has 0 bridgehead atoms. The van der Waals surface area contributed by atoms with Gasteiger partial charge in [0.15, 0.2) is 0 Å². The van der Waals surface area contributed by atoms with Crippen LogP contribution in [0.4, 0.5) is 0 Å². The van der Waals surface area contributed by atoms with E-state index >= 15 is 0 Å². The number of halogens is 2. The molecule has 1 saturated heterocycles. The van der Waals surface area contributed by atoms with Gasteiger partial charge in [-0.3, -0.25) is 0 Å². The summed E-state index contributed by atoms with van der Waals surface area (Å²) in [6, 6.07) is 8.05. The van der Waals surface area contributed by atoms with Gasteiger partial charge in [-0.15, -0.1) is 24.2 Å². The fraction of sp³-hybridized carbons (Fsp3) is 0.600. The lowest BCUT2D eigenvalue weighted by Gasteiger charge is -2.31. The Morgan fingerprint density at radius 2 is 2.05 bits per heavy atom. The van der Waals surface area contributed by atoms with Crippen LogP contribution in [0.25, 0.3) is 0 Å². The van der Waals surface area contributed by atoms with Crippen molar-refractivity contribution < 1.29 is 5.11 Å². The van der Waals surface area contributed by atoms with Gasteiger partial charge >= 0.3 is 0 Å². The van der Waals surface area contributed by atoms with Crippen LogP contribution in [0.15, 0.2) is 29.2 Å². The average molecular weight is 336 g/mol. The van der Waals surface area contributed by atoms with Crippen molar-refractivity contribution in [2.45, 2.75) is 24.2 Å². The molecule has 5 heteroatoms. The molecule has 1 unspecified atom stereocenters. The van der Waals surface area contributed by atoms with Crippen molar-refractivity contribution in [3.63, 3.8) is 0 Å². The van der Waals surface area contributed by atoms with E-state index in [0.717, 1.165) is 23.9 Å². The average Bonchev–Trinajstić information content (AvgIpc) is 2.46. The SMILES string of the molecule is Cl.OCC1CCCN(CCCSc2ccc(Cl)cc2)C1. The lowest BCUT2D eigenvalue weighted by Crippen LogP contribution is -2.37.